The Labute approximate surface area is 120 Å². The molecule has 1 N–H and O–H groups in total. The molecule has 0 radical (unpaired) electrons. The second-order valence-corrected chi connectivity index (χ2v) is 5.26. The predicted octanol–water partition coefficient (Wildman–Crippen LogP) is 3.73. The molecule has 0 spiro atoms. The minimum atomic E-state index is 0.485. The smallest absolute Gasteiger partial charge is 0.119 e. The summed E-state index contributed by atoms with van der Waals surface area (Å²) in [6.45, 7) is 1.87. The first-order valence-electron chi connectivity index (χ1n) is 7.42. The van der Waals surface area contributed by atoms with Crippen LogP contribution in [0.15, 0.2) is 54.6 Å². The molecule has 0 amide bonds. The summed E-state index contributed by atoms with van der Waals surface area (Å²) in [6, 6.07) is 19.3. The zero-order chi connectivity index (χ0) is 13.6. The number of fused-ring (bicyclic) bond motifs is 1. The molecule has 104 valence electrons. The fourth-order valence-corrected chi connectivity index (χ4v) is 2.84. The van der Waals surface area contributed by atoms with Crippen LogP contribution in [0.3, 0.4) is 0 Å². The minimum Gasteiger partial charge on any atom is -0.494 e. The molecule has 2 aromatic carbocycles. The fraction of sp³-hybridized carbons (Fsp3) is 0.333. The molecule has 1 aliphatic rings. The van der Waals surface area contributed by atoms with E-state index in [9.17, 15) is 0 Å². The lowest BCUT2D eigenvalue weighted by Crippen LogP contribution is -2.30. The van der Waals surface area contributed by atoms with Crippen LogP contribution in [0.5, 0.6) is 5.75 Å². The molecule has 0 saturated heterocycles. The summed E-state index contributed by atoms with van der Waals surface area (Å²) in [5.41, 5.74) is 2.97. The lowest BCUT2D eigenvalue weighted by Gasteiger charge is -2.27. The molecule has 0 bridgehead atoms. The molecule has 2 heteroatoms. The summed E-state index contributed by atoms with van der Waals surface area (Å²) in [5, 5.41) is 3.62. The van der Waals surface area contributed by atoms with Gasteiger partial charge in [0, 0.05) is 6.04 Å². The average molecular weight is 267 g/mol. The van der Waals surface area contributed by atoms with Crippen LogP contribution in [0.1, 0.15) is 30.0 Å². The van der Waals surface area contributed by atoms with E-state index in [2.05, 4.69) is 29.6 Å². The van der Waals surface area contributed by atoms with Crippen LogP contribution in [0.4, 0.5) is 0 Å². The van der Waals surface area contributed by atoms with Crippen molar-refractivity contribution in [3.05, 3.63) is 65.7 Å². The van der Waals surface area contributed by atoms with E-state index in [1.165, 1.54) is 11.1 Å². The van der Waals surface area contributed by atoms with Gasteiger partial charge in [-0.05, 0) is 49.1 Å². The van der Waals surface area contributed by atoms with E-state index >= 15 is 0 Å². The van der Waals surface area contributed by atoms with Crippen molar-refractivity contribution in [2.45, 2.75) is 25.3 Å². The van der Waals surface area contributed by atoms with Crippen molar-refractivity contribution < 1.29 is 4.74 Å². The monoisotopic (exact) mass is 267 g/mol. The van der Waals surface area contributed by atoms with Crippen molar-refractivity contribution in [3.63, 3.8) is 0 Å². The fourth-order valence-electron chi connectivity index (χ4n) is 2.84. The molecule has 20 heavy (non-hydrogen) atoms. The number of benzene rings is 2. The van der Waals surface area contributed by atoms with Crippen LogP contribution in [-0.4, -0.2) is 13.2 Å². The van der Waals surface area contributed by atoms with Crippen LogP contribution in [0.25, 0.3) is 0 Å². The Hall–Kier alpha value is -1.80. The quantitative estimate of drug-likeness (QED) is 0.833. The molecule has 1 atom stereocenters. The van der Waals surface area contributed by atoms with Gasteiger partial charge in [0.2, 0.25) is 0 Å². The van der Waals surface area contributed by atoms with Crippen LogP contribution in [0, 0.1) is 0 Å². The Balaban J connectivity index is 1.50. The summed E-state index contributed by atoms with van der Waals surface area (Å²) in [6.07, 6.45) is 3.35. The van der Waals surface area contributed by atoms with Crippen molar-refractivity contribution in [2.24, 2.45) is 0 Å². The van der Waals surface area contributed by atoms with Gasteiger partial charge in [0.1, 0.15) is 5.75 Å². The number of para-hydroxylation sites is 1. The Bertz CT molecular complexity index is 538. The molecule has 0 fully saturated rings. The molecule has 0 saturated carbocycles. The lowest BCUT2D eigenvalue weighted by molar-refractivity contribution is 0.294. The molecule has 1 aliphatic heterocycles. The standard InChI is InChI=1S/C18H21NO/c1-2-8-16(9-3-1)20-14-6-11-18-17-10-5-4-7-15(17)12-13-19-18/h1-5,7-10,18-19H,6,11-14H2. The van der Waals surface area contributed by atoms with E-state index in [0.717, 1.165) is 38.2 Å². The molecule has 3 rings (SSSR count). The van der Waals surface area contributed by atoms with Crippen molar-refractivity contribution in [1.82, 2.24) is 5.32 Å². The van der Waals surface area contributed by atoms with Gasteiger partial charge in [0.05, 0.1) is 6.61 Å². The third-order valence-electron chi connectivity index (χ3n) is 3.86. The first-order chi connectivity index (χ1) is 9.93. The molecule has 2 nitrogen and oxygen atoms in total. The van der Waals surface area contributed by atoms with Crippen molar-refractivity contribution in [3.8, 4) is 5.75 Å². The lowest BCUT2D eigenvalue weighted by atomic mass is 9.92. The zero-order valence-corrected chi connectivity index (χ0v) is 11.7. The van der Waals surface area contributed by atoms with E-state index < -0.39 is 0 Å². The summed E-state index contributed by atoms with van der Waals surface area (Å²) in [5.74, 6) is 0.963. The van der Waals surface area contributed by atoms with Crippen molar-refractivity contribution in [2.75, 3.05) is 13.2 Å². The second-order valence-electron chi connectivity index (χ2n) is 5.26. The Kier molecular flexibility index (Phi) is 4.34. The number of hydrogen-bond donors (Lipinski definition) is 1. The van der Waals surface area contributed by atoms with Gasteiger partial charge in [-0.1, -0.05) is 42.5 Å². The van der Waals surface area contributed by atoms with Gasteiger partial charge in [-0.25, -0.2) is 0 Å². The highest BCUT2D eigenvalue weighted by atomic mass is 16.5. The van der Waals surface area contributed by atoms with E-state index in [1.54, 1.807) is 0 Å². The van der Waals surface area contributed by atoms with E-state index in [1.807, 2.05) is 30.3 Å². The highest BCUT2D eigenvalue weighted by molar-refractivity contribution is 5.32. The highest BCUT2D eigenvalue weighted by Crippen LogP contribution is 2.26. The van der Waals surface area contributed by atoms with Gasteiger partial charge >= 0.3 is 0 Å². The minimum absolute atomic E-state index is 0.485. The summed E-state index contributed by atoms with van der Waals surface area (Å²) < 4.78 is 5.76. The number of hydrogen-bond acceptors (Lipinski definition) is 2. The second kappa shape index (κ2) is 6.58. The summed E-state index contributed by atoms with van der Waals surface area (Å²) in [4.78, 5) is 0. The average Bonchev–Trinajstić information content (AvgIpc) is 2.53. The van der Waals surface area contributed by atoms with Crippen LogP contribution in [-0.2, 0) is 6.42 Å². The molecule has 1 heterocycles. The molecule has 0 aliphatic carbocycles. The molecule has 0 aromatic heterocycles. The first-order valence-corrected chi connectivity index (χ1v) is 7.42. The Morgan fingerprint density at radius 3 is 2.70 bits per heavy atom. The van der Waals surface area contributed by atoms with Gasteiger partial charge in [0.25, 0.3) is 0 Å². The Morgan fingerprint density at radius 2 is 1.80 bits per heavy atom. The Morgan fingerprint density at radius 1 is 1.00 bits per heavy atom. The maximum Gasteiger partial charge on any atom is 0.119 e. The van der Waals surface area contributed by atoms with E-state index in [-0.39, 0.29) is 0 Å². The van der Waals surface area contributed by atoms with Crippen molar-refractivity contribution in [1.29, 1.82) is 0 Å². The van der Waals surface area contributed by atoms with Gasteiger partial charge in [-0.3, -0.25) is 0 Å². The normalized spacial score (nSPS) is 17.5. The summed E-state index contributed by atoms with van der Waals surface area (Å²) in [7, 11) is 0. The molecular weight excluding hydrogens is 246 g/mol. The van der Waals surface area contributed by atoms with Gasteiger partial charge in [0.15, 0.2) is 0 Å². The third-order valence-corrected chi connectivity index (χ3v) is 3.86. The van der Waals surface area contributed by atoms with Crippen LogP contribution >= 0.6 is 0 Å². The first kappa shape index (κ1) is 13.2. The number of nitrogens with one attached hydrogen (secondary N) is 1. The summed E-state index contributed by atoms with van der Waals surface area (Å²) >= 11 is 0. The van der Waals surface area contributed by atoms with Gasteiger partial charge < -0.3 is 10.1 Å². The molecule has 1 unspecified atom stereocenters. The van der Waals surface area contributed by atoms with E-state index in [4.69, 9.17) is 4.74 Å². The SMILES string of the molecule is c1ccc(OCCCC2NCCc3ccccc32)cc1. The predicted molar refractivity (Wildman–Crippen MR) is 82.1 cm³/mol. The van der Waals surface area contributed by atoms with E-state index in [0.29, 0.717) is 6.04 Å². The zero-order valence-electron chi connectivity index (χ0n) is 11.7. The third kappa shape index (κ3) is 3.20. The molecule has 2 aromatic rings. The maximum absolute atomic E-state index is 5.76. The topological polar surface area (TPSA) is 21.3 Å². The highest BCUT2D eigenvalue weighted by Gasteiger charge is 2.18. The van der Waals surface area contributed by atoms with Gasteiger partial charge in [-0.15, -0.1) is 0 Å². The maximum atomic E-state index is 5.76. The molecular formula is C18H21NO. The number of rotatable bonds is 5. The van der Waals surface area contributed by atoms with Gasteiger partial charge in [-0.2, -0.15) is 0 Å². The number of ether oxygens (including phenoxy) is 1. The van der Waals surface area contributed by atoms with Crippen molar-refractivity contribution >= 4 is 0 Å². The largest absolute Gasteiger partial charge is 0.494 e. The van der Waals surface area contributed by atoms with Crippen LogP contribution < -0.4 is 10.1 Å². The van der Waals surface area contributed by atoms with Crippen LogP contribution in [0.2, 0.25) is 0 Å².